The van der Waals surface area contributed by atoms with Crippen LogP contribution in [0.5, 0.6) is 0 Å². The molecule has 28 heavy (non-hydrogen) atoms. The van der Waals surface area contributed by atoms with Crippen LogP contribution in [0.2, 0.25) is 0 Å². The van der Waals surface area contributed by atoms with Gasteiger partial charge in [0.15, 0.2) is 0 Å². The van der Waals surface area contributed by atoms with E-state index in [2.05, 4.69) is 10.2 Å². The molecule has 0 radical (unpaired) electrons. The summed E-state index contributed by atoms with van der Waals surface area (Å²) in [6, 6.07) is 4.83. The lowest BCUT2D eigenvalue weighted by Crippen LogP contribution is -2.52. The number of aliphatic hydroxyl groups is 2. The number of rotatable bonds is 4. The van der Waals surface area contributed by atoms with Gasteiger partial charge < -0.3 is 19.9 Å². The van der Waals surface area contributed by atoms with Crippen molar-refractivity contribution in [2.45, 2.75) is 50.6 Å². The maximum atomic E-state index is 12.2. The third kappa shape index (κ3) is 3.32. The minimum Gasteiger partial charge on any atom is -0.374 e. The Bertz CT molecular complexity index is 790. The van der Waals surface area contributed by atoms with E-state index in [0.29, 0.717) is 23.5 Å². The van der Waals surface area contributed by atoms with Crippen molar-refractivity contribution in [2.24, 2.45) is 5.92 Å². The molecule has 3 heterocycles. The second-order valence-corrected chi connectivity index (χ2v) is 7.81. The molecule has 3 aliphatic heterocycles. The summed E-state index contributed by atoms with van der Waals surface area (Å²) in [6.45, 7) is 1.68. The van der Waals surface area contributed by atoms with E-state index >= 15 is 0 Å². The number of nitrogens with one attached hydrogen (secondary N) is 1. The van der Waals surface area contributed by atoms with Crippen LogP contribution in [0.25, 0.3) is 0 Å². The predicted molar refractivity (Wildman–Crippen MR) is 100.0 cm³/mol. The molecule has 0 spiro atoms. The van der Waals surface area contributed by atoms with E-state index in [0.717, 1.165) is 37.9 Å². The Balaban J connectivity index is 1.52. The Kier molecular flexibility index (Phi) is 5.18. The first-order valence-corrected chi connectivity index (χ1v) is 9.79. The van der Waals surface area contributed by atoms with Gasteiger partial charge in [-0.1, -0.05) is 6.07 Å². The molecule has 3 aliphatic rings. The van der Waals surface area contributed by atoms with Gasteiger partial charge in [-0.05, 0) is 37.3 Å². The Morgan fingerprint density at radius 3 is 2.46 bits per heavy atom. The summed E-state index contributed by atoms with van der Waals surface area (Å²) in [4.78, 5) is 37.9. The number of carbonyl (C=O) groups excluding carboxylic acids is 3. The summed E-state index contributed by atoms with van der Waals surface area (Å²) in [6.07, 6.45) is 1.73. The number of hydrogen-bond donors (Lipinski definition) is 3. The van der Waals surface area contributed by atoms with Crippen molar-refractivity contribution in [1.82, 2.24) is 10.2 Å². The zero-order valence-electron chi connectivity index (χ0n) is 15.6. The van der Waals surface area contributed by atoms with Crippen molar-refractivity contribution < 1.29 is 24.6 Å². The number of nitrogens with zero attached hydrogens (tertiary/aromatic N) is 2. The van der Waals surface area contributed by atoms with Crippen LogP contribution < -0.4 is 10.2 Å². The second kappa shape index (κ2) is 7.62. The normalized spacial score (nSPS) is 28.9. The molecule has 150 valence electrons. The molecule has 0 saturated carbocycles. The van der Waals surface area contributed by atoms with Crippen LogP contribution in [0.3, 0.4) is 0 Å². The molecule has 1 aromatic rings. The highest BCUT2D eigenvalue weighted by Crippen LogP contribution is 2.43. The molecule has 0 aliphatic carbocycles. The molecule has 1 aromatic carbocycles. The van der Waals surface area contributed by atoms with Crippen LogP contribution in [0.1, 0.15) is 55.7 Å². The molecule has 4 rings (SSSR count). The van der Waals surface area contributed by atoms with Gasteiger partial charge >= 0.3 is 0 Å². The summed E-state index contributed by atoms with van der Waals surface area (Å²) in [5.41, 5.74) is 2.13. The van der Waals surface area contributed by atoms with Crippen LogP contribution in [0.4, 0.5) is 5.69 Å². The van der Waals surface area contributed by atoms with Crippen LogP contribution in [-0.2, 0) is 14.4 Å². The second-order valence-electron chi connectivity index (χ2n) is 7.81. The molecule has 3 atom stereocenters. The van der Waals surface area contributed by atoms with Gasteiger partial charge in [0.1, 0.15) is 18.7 Å². The topological polar surface area (TPSA) is 110 Å². The van der Waals surface area contributed by atoms with Crippen LogP contribution in [0, 0.1) is 5.92 Å². The Morgan fingerprint density at radius 2 is 1.79 bits per heavy atom. The SMILES string of the molecule is O=CCC1CCN(c2ccc3c(c2)C(O)N(C2CCC(=O)NC2=O)C3O)CC1. The highest BCUT2D eigenvalue weighted by molar-refractivity contribution is 6.00. The van der Waals surface area contributed by atoms with Gasteiger partial charge in [0.25, 0.3) is 0 Å². The van der Waals surface area contributed by atoms with E-state index in [1.54, 1.807) is 6.07 Å². The Morgan fingerprint density at radius 1 is 1.07 bits per heavy atom. The third-order valence-corrected chi connectivity index (χ3v) is 6.17. The van der Waals surface area contributed by atoms with Gasteiger partial charge in [0, 0.05) is 42.7 Å². The van der Waals surface area contributed by atoms with E-state index in [1.165, 1.54) is 4.90 Å². The number of benzene rings is 1. The zero-order valence-corrected chi connectivity index (χ0v) is 15.6. The van der Waals surface area contributed by atoms with Gasteiger partial charge in [0.2, 0.25) is 11.8 Å². The first-order valence-electron chi connectivity index (χ1n) is 9.79. The molecule has 2 fully saturated rings. The molecular formula is C20H25N3O5. The molecule has 0 bridgehead atoms. The quantitative estimate of drug-likeness (QED) is 0.512. The molecule has 2 saturated heterocycles. The fraction of sp³-hybridized carbons (Fsp3) is 0.550. The number of anilines is 1. The van der Waals surface area contributed by atoms with E-state index in [1.807, 2.05) is 12.1 Å². The molecule has 0 aromatic heterocycles. The first kappa shape index (κ1) is 19.0. The first-order chi connectivity index (χ1) is 13.5. The highest BCUT2D eigenvalue weighted by atomic mass is 16.3. The fourth-order valence-corrected chi connectivity index (χ4v) is 4.54. The van der Waals surface area contributed by atoms with E-state index in [4.69, 9.17) is 0 Å². The standard InChI is InChI=1S/C20H25N3O5/c24-10-7-12-5-8-22(9-6-12)13-1-2-14-15(11-13)20(28)23(19(14)27)16-3-4-17(25)21-18(16)26/h1-2,10-12,16,19-20,27-28H,3-9H2,(H,21,25,26). The minimum atomic E-state index is -1.11. The minimum absolute atomic E-state index is 0.184. The van der Waals surface area contributed by atoms with E-state index in [9.17, 15) is 24.6 Å². The van der Waals surface area contributed by atoms with Crippen LogP contribution in [0.15, 0.2) is 18.2 Å². The zero-order chi connectivity index (χ0) is 19.8. The van der Waals surface area contributed by atoms with Gasteiger partial charge in [-0.25, -0.2) is 4.90 Å². The molecule has 3 N–H and O–H groups in total. The number of hydrogen-bond acceptors (Lipinski definition) is 7. The number of aldehydes is 1. The van der Waals surface area contributed by atoms with Gasteiger partial charge in [-0.2, -0.15) is 0 Å². The molecular weight excluding hydrogens is 362 g/mol. The third-order valence-electron chi connectivity index (χ3n) is 6.17. The largest absolute Gasteiger partial charge is 0.374 e. The van der Waals surface area contributed by atoms with Gasteiger partial charge in [0.05, 0.1) is 6.04 Å². The summed E-state index contributed by atoms with van der Waals surface area (Å²) in [5.74, 6) is -0.388. The lowest BCUT2D eigenvalue weighted by Gasteiger charge is -2.34. The number of aliphatic hydroxyl groups excluding tert-OH is 2. The van der Waals surface area contributed by atoms with Gasteiger partial charge in [-0.15, -0.1) is 0 Å². The lowest BCUT2D eigenvalue weighted by atomic mass is 9.93. The number of piperidine rings is 2. The predicted octanol–water partition coefficient (Wildman–Crippen LogP) is 0.595. The molecule has 3 unspecified atom stereocenters. The maximum absolute atomic E-state index is 12.2. The molecule has 8 nitrogen and oxygen atoms in total. The Labute approximate surface area is 163 Å². The van der Waals surface area contributed by atoms with E-state index < -0.39 is 24.4 Å². The lowest BCUT2D eigenvalue weighted by molar-refractivity contribution is -0.154. The van der Waals surface area contributed by atoms with Crippen LogP contribution >= 0.6 is 0 Å². The van der Waals surface area contributed by atoms with Crippen molar-refractivity contribution in [3.8, 4) is 0 Å². The number of fused-ring (bicyclic) bond motifs is 1. The molecule has 8 heteroatoms. The van der Waals surface area contributed by atoms with E-state index in [-0.39, 0.29) is 18.7 Å². The van der Waals surface area contributed by atoms with Crippen molar-refractivity contribution in [3.05, 3.63) is 29.3 Å². The number of amides is 2. The highest BCUT2D eigenvalue weighted by Gasteiger charge is 2.45. The average Bonchev–Trinajstić information content (AvgIpc) is 2.93. The fourth-order valence-electron chi connectivity index (χ4n) is 4.54. The van der Waals surface area contributed by atoms with Gasteiger partial charge in [-0.3, -0.25) is 14.9 Å². The summed E-state index contributed by atoms with van der Waals surface area (Å²) in [5, 5.41) is 23.8. The summed E-state index contributed by atoms with van der Waals surface area (Å²) < 4.78 is 0. The van der Waals surface area contributed by atoms with Crippen molar-refractivity contribution in [1.29, 1.82) is 0 Å². The number of imide groups is 1. The smallest absolute Gasteiger partial charge is 0.244 e. The van der Waals surface area contributed by atoms with Crippen molar-refractivity contribution >= 4 is 23.8 Å². The van der Waals surface area contributed by atoms with Crippen LogP contribution in [-0.4, -0.2) is 52.3 Å². The van der Waals surface area contributed by atoms with Crippen molar-refractivity contribution in [3.63, 3.8) is 0 Å². The summed E-state index contributed by atoms with van der Waals surface area (Å²) in [7, 11) is 0. The Hall–Kier alpha value is -2.29. The monoisotopic (exact) mass is 387 g/mol. The number of carbonyl (C=O) groups is 3. The maximum Gasteiger partial charge on any atom is 0.244 e. The average molecular weight is 387 g/mol. The molecule has 2 amide bonds. The summed E-state index contributed by atoms with van der Waals surface area (Å²) >= 11 is 0. The van der Waals surface area contributed by atoms with Crippen molar-refractivity contribution in [2.75, 3.05) is 18.0 Å².